The molecule has 0 atom stereocenters. The molecule has 0 radical (unpaired) electrons. The molecule has 0 unspecified atom stereocenters. The van der Waals surface area contributed by atoms with E-state index < -0.39 is 16.6 Å². The molecule has 2 aromatic rings. The number of ether oxygens (including phenoxy) is 1. The number of H-pyrrole nitrogens is 1. The van der Waals surface area contributed by atoms with Gasteiger partial charge in [0.15, 0.2) is 0 Å². The van der Waals surface area contributed by atoms with Crippen molar-refractivity contribution < 1.29 is 14.5 Å². The van der Waals surface area contributed by atoms with Gasteiger partial charge in [-0.25, -0.2) is 4.79 Å². The monoisotopic (exact) mass is 305 g/mol. The third kappa shape index (κ3) is 3.75. The lowest BCUT2D eigenvalue weighted by molar-refractivity contribution is -0.384. The summed E-state index contributed by atoms with van der Waals surface area (Å²) < 4.78 is 5.04. The highest BCUT2D eigenvalue weighted by molar-refractivity contribution is 5.85. The third-order valence-corrected chi connectivity index (χ3v) is 3.56. The lowest BCUT2D eigenvalue weighted by atomic mass is 9.98. The van der Waals surface area contributed by atoms with Crippen LogP contribution in [0, 0.1) is 10.1 Å². The second-order valence-electron chi connectivity index (χ2n) is 5.84. The van der Waals surface area contributed by atoms with Gasteiger partial charge in [-0.05, 0) is 44.7 Å². The van der Waals surface area contributed by atoms with Crippen molar-refractivity contribution in [3.8, 4) is 0 Å². The molecule has 2 rings (SSSR count). The Bertz CT molecular complexity index is 706. The Morgan fingerprint density at radius 2 is 2.18 bits per heavy atom. The maximum atomic E-state index is 10.8. The standard InChI is InChI=1S/C15H19N3O4/c1-15(2,22-14(16)19)7-3-4-10-9-17-13-8-11(18(20)21)5-6-12(10)13/h5-6,8-9,17H,3-4,7H2,1-2H3,(H2,16,19). The third-order valence-electron chi connectivity index (χ3n) is 3.56. The fraction of sp³-hybridized carbons (Fsp3) is 0.400. The van der Waals surface area contributed by atoms with E-state index >= 15 is 0 Å². The summed E-state index contributed by atoms with van der Waals surface area (Å²) in [7, 11) is 0. The molecule has 1 amide bonds. The van der Waals surface area contributed by atoms with E-state index in [1.54, 1.807) is 6.07 Å². The number of nitro groups is 1. The second-order valence-corrected chi connectivity index (χ2v) is 5.84. The molecule has 0 bridgehead atoms. The first-order chi connectivity index (χ1) is 10.3. The second kappa shape index (κ2) is 6.05. The van der Waals surface area contributed by atoms with E-state index in [4.69, 9.17) is 10.5 Å². The fourth-order valence-electron chi connectivity index (χ4n) is 2.52. The Balaban J connectivity index is 2.03. The van der Waals surface area contributed by atoms with Gasteiger partial charge in [0, 0.05) is 23.7 Å². The molecule has 3 N–H and O–H groups in total. The highest BCUT2D eigenvalue weighted by atomic mass is 16.6. The van der Waals surface area contributed by atoms with Crippen LogP contribution in [0.5, 0.6) is 0 Å². The van der Waals surface area contributed by atoms with Crippen molar-refractivity contribution in [2.75, 3.05) is 0 Å². The molecule has 22 heavy (non-hydrogen) atoms. The number of benzene rings is 1. The minimum absolute atomic E-state index is 0.0666. The van der Waals surface area contributed by atoms with Gasteiger partial charge >= 0.3 is 6.09 Å². The van der Waals surface area contributed by atoms with Crippen molar-refractivity contribution in [1.82, 2.24) is 4.98 Å². The summed E-state index contributed by atoms with van der Waals surface area (Å²) in [6.07, 6.45) is 3.35. The number of aryl methyl sites for hydroxylation is 1. The van der Waals surface area contributed by atoms with E-state index in [1.807, 2.05) is 20.0 Å². The average Bonchev–Trinajstić information content (AvgIpc) is 2.79. The maximum absolute atomic E-state index is 10.8. The molecule has 0 fully saturated rings. The van der Waals surface area contributed by atoms with Gasteiger partial charge in [-0.3, -0.25) is 10.1 Å². The van der Waals surface area contributed by atoms with Crippen LogP contribution < -0.4 is 5.73 Å². The number of rotatable bonds is 6. The van der Waals surface area contributed by atoms with Gasteiger partial charge in [0.1, 0.15) is 5.60 Å². The number of carbonyl (C=O) groups is 1. The Morgan fingerprint density at radius 1 is 1.45 bits per heavy atom. The molecule has 1 heterocycles. The maximum Gasteiger partial charge on any atom is 0.405 e. The van der Waals surface area contributed by atoms with Gasteiger partial charge in [0.25, 0.3) is 5.69 Å². The Kier molecular flexibility index (Phi) is 4.35. The molecule has 0 aliphatic carbocycles. The number of nitrogens with zero attached hydrogens (tertiary/aromatic N) is 1. The molecule has 7 heteroatoms. The van der Waals surface area contributed by atoms with Crippen LogP contribution in [-0.2, 0) is 11.2 Å². The summed E-state index contributed by atoms with van der Waals surface area (Å²) in [5.74, 6) is 0. The van der Waals surface area contributed by atoms with Crippen LogP contribution in [0.3, 0.4) is 0 Å². The van der Waals surface area contributed by atoms with Gasteiger partial charge in [-0.1, -0.05) is 0 Å². The first kappa shape index (κ1) is 15.8. The zero-order valence-corrected chi connectivity index (χ0v) is 12.6. The van der Waals surface area contributed by atoms with Crippen LogP contribution in [0.1, 0.15) is 32.3 Å². The predicted octanol–water partition coefficient (Wildman–Crippen LogP) is 3.27. The molecule has 1 aromatic heterocycles. The van der Waals surface area contributed by atoms with Crippen LogP contribution in [0.15, 0.2) is 24.4 Å². The number of primary amides is 1. The highest BCUT2D eigenvalue weighted by Crippen LogP contribution is 2.25. The molecule has 0 saturated carbocycles. The van der Waals surface area contributed by atoms with Crippen LogP contribution in [0.4, 0.5) is 10.5 Å². The van der Waals surface area contributed by atoms with E-state index in [-0.39, 0.29) is 5.69 Å². The SMILES string of the molecule is CC(C)(CCCc1c[nH]c2cc([N+](=O)[O-])ccc12)OC(N)=O. The first-order valence-corrected chi connectivity index (χ1v) is 7.01. The Hall–Kier alpha value is -2.57. The summed E-state index contributed by atoms with van der Waals surface area (Å²) in [6, 6.07) is 4.78. The van der Waals surface area contributed by atoms with Crippen molar-refractivity contribution >= 4 is 22.7 Å². The number of carbonyl (C=O) groups excluding carboxylic acids is 1. The molecule has 1 aromatic carbocycles. The summed E-state index contributed by atoms with van der Waals surface area (Å²) >= 11 is 0. The number of hydrogen-bond acceptors (Lipinski definition) is 4. The quantitative estimate of drug-likeness (QED) is 0.630. The van der Waals surface area contributed by atoms with Crippen molar-refractivity contribution in [3.63, 3.8) is 0 Å². The number of aromatic amines is 1. The average molecular weight is 305 g/mol. The summed E-state index contributed by atoms with van der Waals surface area (Å²) in [5, 5.41) is 11.7. The van der Waals surface area contributed by atoms with E-state index in [1.165, 1.54) is 12.1 Å². The Morgan fingerprint density at radius 3 is 2.82 bits per heavy atom. The van der Waals surface area contributed by atoms with Crippen molar-refractivity contribution in [2.45, 2.75) is 38.7 Å². The molecule has 0 aliphatic heterocycles. The zero-order valence-electron chi connectivity index (χ0n) is 12.6. The number of nitrogens with two attached hydrogens (primary N) is 1. The first-order valence-electron chi connectivity index (χ1n) is 7.01. The lowest BCUT2D eigenvalue weighted by Gasteiger charge is -2.23. The van der Waals surface area contributed by atoms with Crippen molar-refractivity contribution in [1.29, 1.82) is 0 Å². The van der Waals surface area contributed by atoms with E-state index in [0.717, 1.165) is 29.3 Å². The largest absolute Gasteiger partial charge is 0.444 e. The summed E-state index contributed by atoms with van der Waals surface area (Å²) in [4.78, 5) is 24.2. The number of fused-ring (bicyclic) bond motifs is 1. The molecule has 0 spiro atoms. The van der Waals surface area contributed by atoms with E-state index in [9.17, 15) is 14.9 Å². The minimum Gasteiger partial charge on any atom is -0.444 e. The van der Waals surface area contributed by atoms with Crippen LogP contribution in [0.25, 0.3) is 10.9 Å². The van der Waals surface area contributed by atoms with Crippen LogP contribution >= 0.6 is 0 Å². The van der Waals surface area contributed by atoms with Gasteiger partial charge in [0.2, 0.25) is 0 Å². The molecular formula is C15H19N3O4. The molecule has 7 nitrogen and oxygen atoms in total. The molecule has 0 saturated heterocycles. The van der Waals surface area contributed by atoms with Gasteiger partial charge < -0.3 is 15.5 Å². The van der Waals surface area contributed by atoms with Gasteiger partial charge in [0.05, 0.1) is 10.4 Å². The van der Waals surface area contributed by atoms with Gasteiger partial charge in [-0.15, -0.1) is 0 Å². The Labute approximate surface area is 127 Å². The van der Waals surface area contributed by atoms with Gasteiger partial charge in [-0.2, -0.15) is 0 Å². The number of non-ortho nitro benzene ring substituents is 1. The highest BCUT2D eigenvalue weighted by Gasteiger charge is 2.21. The summed E-state index contributed by atoms with van der Waals surface area (Å²) in [6.45, 7) is 3.63. The zero-order chi connectivity index (χ0) is 16.3. The fourth-order valence-corrected chi connectivity index (χ4v) is 2.52. The normalized spacial score (nSPS) is 11.5. The predicted molar refractivity (Wildman–Crippen MR) is 82.6 cm³/mol. The summed E-state index contributed by atoms with van der Waals surface area (Å²) in [5.41, 5.74) is 6.33. The minimum atomic E-state index is -0.774. The number of nitro benzene ring substituents is 1. The molecular weight excluding hydrogens is 286 g/mol. The number of nitrogens with one attached hydrogen (secondary N) is 1. The van der Waals surface area contributed by atoms with E-state index in [0.29, 0.717) is 6.42 Å². The van der Waals surface area contributed by atoms with Crippen LogP contribution in [0.2, 0.25) is 0 Å². The number of aromatic nitrogens is 1. The van der Waals surface area contributed by atoms with Crippen LogP contribution in [-0.4, -0.2) is 21.6 Å². The van der Waals surface area contributed by atoms with Crippen molar-refractivity contribution in [2.24, 2.45) is 5.73 Å². The smallest absolute Gasteiger partial charge is 0.405 e. The number of amides is 1. The molecule has 0 aliphatic rings. The van der Waals surface area contributed by atoms with E-state index in [2.05, 4.69) is 4.98 Å². The molecule has 118 valence electrons. The lowest BCUT2D eigenvalue weighted by Crippen LogP contribution is -2.31. The van der Waals surface area contributed by atoms with Crippen molar-refractivity contribution in [3.05, 3.63) is 40.1 Å². The topological polar surface area (TPSA) is 111 Å². The number of hydrogen-bond donors (Lipinski definition) is 2.